The summed E-state index contributed by atoms with van der Waals surface area (Å²) in [5, 5.41) is 0. The first-order chi connectivity index (χ1) is 7.99. The van der Waals surface area contributed by atoms with Crippen LogP contribution in [0.3, 0.4) is 0 Å². The second-order valence-corrected chi connectivity index (χ2v) is 5.39. The zero-order chi connectivity index (χ0) is 12.6. The highest BCUT2D eigenvalue weighted by atomic mass is 16.5. The fourth-order valence-electron chi connectivity index (χ4n) is 3.22. The summed E-state index contributed by atoms with van der Waals surface area (Å²) < 4.78 is 5.24. The van der Waals surface area contributed by atoms with E-state index in [-0.39, 0.29) is 23.8 Å². The lowest BCUT2D eigenvalue weighted by atomic mass is 9.65. The van der Waals surface area contributed by atoms with Crippen LogP contribution in [0, 0.1) is 17.8 Å². The minimum atomic E-state index is -0.239. The molecular formula is C14H20O3. The standard InChI is InChI=1S/C14H20O3/c1-8-6-14(16)13-7-11(17-10(3)15)4-5-12(13)9(8)2/h6,9,11-13H,4-5,7H2,1-3H3/t9?,11-,12+,13-/m0/s1. The highest BCUT2D eigenvalue weighted by Crippen LogP contribution is 2.42. The maximum Gasteiger partial charge on any atom is 0.302 e. The van der Waals surface area contributed by atoms with Crippen LogP contribution in [0.5, 0.6) is 0 Å². The van der Waals surface area contributed by atoms with Crippen LogP contribution in [0.2, 0.25) is 0 Å². The molecule has 0 radical (unpaired) electrons. The van der Waals surface area contributed by atoms with E-state index in [4.69, 9.17) is 4.74 Å². The number of hydrogen-bond acceptors (Lipinski definition) is 3. The Morgan fingerprint density at radius 3 is 2.76 bits per heavy atom. The fraction of sp³-hybridized carbons (Fsp3) is 0.714. The molecule has 4 atom stereocenters. The van der Waals surface area contributed by atoms with Crippen molar-refractivity contribution in [2.24, 2.45) is 17.8 Å². The lowest BCUT2D eigenvalue weighted by Crippen LogP contribution is -2.40. The van der Waals surface area contributed by atoms with E-state index in [1.165, 1.54) is 12.5 Å². The van der Waals surface area contributed by atoms with E-state index in [1.54, 1.807) is 6.08 Å². The SMILES string of the molecule is CC(=O)O[C@H]1CC[C@@H]2C(C)C(C)=CC(=O)[C@H]2C1. The molecule has 17 heavy (non-hydrogen) atoms. The summed E-state index contributed by atoms with van der Waals surface area (Å²) in [6.45, 7) is 5.67. The quantitative estimate of drug-likeness (QED) is 0.657. The molecule has 94 valence electrons. The molecule has 3 nitrogen and oxygen atoms in total. The summed E-state index contributed by atoms with van der Waals surface area (Å²) in [5.41, 5.74) is 1.20. The molecular weight excluding hydrogens is 216 g/mol. The molecule has 0 spiro atoms. The monoisotopic (exact) mass is 236 g/mol. The first-order valence-electron chi connectivity index (χ1n) is 6.38. The molecule has 0 aromatic carbocycles. The van der Waals surface area contributed by atoms with Crippen molar-refractivity contribution in [3.63, 3.8) is 0 Å². The number of esters is 1. The second kappa shape index (κ2) is 4.63. The van der Waals surface area contributed by atoms with Crippen molar-refractivity contribution in [2.75, 3.05) is 0 Å². The van der Waals surface area contributed by atoms with Gasteiger partial charge in [0.2, 0.25) is 0 Å². The third-order valence-corrected chi connectivity index (χ3v) is 4.28. The summed E-state index contributed by atoms with van der Waals surface area (Å²) in [6.07, 6.45) is 4.31. The topological polar surface area (TPSA) is 43.4 Å². The fourth-order valence-corrected chi connectivity index (χ4v) is 3.22. The van der Waals surface area contributed by atoms with E-state index < -0.39 is 0 Å². The van der Waals surface area contributed by atoms with Crippen LogP contribution in [-0.2, 0) is 14.3 Å². The molecule has 0 aliphatic heterocycles. The Hall–Kier alpha value is -1.12. The Labute approximate surface area is 102 Å². The van der Waals surface area contributed by atoms with Gasteiger partial charge in [0.25, 0.3) is 0 Å². The minimum absolute atomic E-state index is 0.0586. The van der Waals surface area contributed by atoms with Gasteiger partial charge in [-0.1, -0.05) is 12.5 Å². The van der Waals surface area contributed by atoms with Gasteiger partial charge in [-0.05, 0) is 44.1 Å². The van der Waals surface area contributed by atoms with Gasteiger partial charge in [-0.3, -0.25) is 9.59 Å². The normalized spacial score (nSPS) is 37.1. The summed E-state index contributed by atoms with van der Waals surface area (Å²) in [7, 11) is 0. The first kappa shape index (κ1) is 12.3. The van der Waals surface area contributed by atoms with Crippen molar-refractivity contribution >= 4 is 11.8 Å². The summed E-state index contributed by atoms with van der Waals surface area (Å²) in [6, 6.07) is 0. The molecule has 2 aliphatic carbocycles. The lowest BCUT2D eigenvalue weighted by molar-refractivity contribution is -0.151. The Kier molecular flexibility index (Phi) is 3.36. The van der Waals surface area contributed by atoms with Crippen molar-refractivity contribution in [1.82, 2.24) is 0 Å². The van der Waals surface area contributed by atoms with Gasteiger partial charge in [-0.2, -0.15) is 0 Å². The van der Waals surface area contributed by atoms with E-state index in [9.17, 15) is 9.59 Å². The summed E-state index contributed by atoms with van der Waals surface area (Å²) in [5.74, 6) is 0.973. The average molecular weight is 236 g/mol. The van der Waals surface area contributed by atoms with Crippen LogP contribution < -0.4 is 0 Å². The van der Waals surface area contributed by atoms with Crippen molar-refractivity contribution in [3.05, 3.63) is 11.6 Å². The number of ether oxygens (including phenoxy) is 1. The Bertz CT molecular complexity index is 370. The van der Waals surface area contributed by atoms with Crippen molar-refractivity contribution < 1.29 is 14.3 Å². The van der Waals surface area contributed by atoms with Gasteiger partial charge in [0.05, 0.1) is 0 Å². The van der Waals surface area contributed by atoms with Crippen LogP contribution in [0.1, 0.15) is 40.0 Å². The van der Waals surface area contributed by atoms with Crippen LogP contribution in [0.15, 0.2) is 11.6 Å². The zero-order valence-electron chi connectivity index (χ0n) is 10.7. The molecule has 2 rings (SSSR count). The van der Waals surface area contributed by atoms with Gasteiger partial charge in [0, 0.05) is 12.8 Å². The molecule has 0 N–H and O–H groups in total. The zero-order valence-corrected chi connectivity index (χ0v) is 10.7. The summed E-state index contributed by atoms with van der Waals surface area (Å²) in [4.78, 5) is 22.9. The lowest BCUT2D eigenvalue weighted by Gasteiger charge is -2.40. The number of ketones is 1. The highest BCUT2D eigenvalue weighted by molar-refractivity contribution is 5.93. The number of carbonyl (C=O) groups is 2. The molecule has 1 saturated carbocycles. The molecule has 0 aromatic heterocycles. The second-order valence-electron chi connectivity index (χ2n) is 5.39. The van der Waals surface area contributed by atoms with Crippen LogP contribution >= 0.6 is 0 Å². The van der Waals surface area contributed by atoms with Gasteiger partial charge < -0.3 is 4.74 Å². The van der Waals surface area contributed by atoms with E-state index >= 15 is 0 Å². The Balaban J connectivity index is 2.10. The van der Waals surface area contributed by atoms with Gasteiger partial charge in [-0.15, -0.1) is 0 Å². The van der Waals surface area contributed by atoms with Crippen LogP contribution in [-0.4, -0.2) is 17.9 Å². The van der Waals surface area contributed by atoms with Crippen molar-refractivity contribution in [1.29, 1.82) is 0 Å². The molecule has 0 amide bonds. The molecule has 1 fully saturated rings. The van der Waals surface area contributed by atoms with Crippen molar-refractivity contribution in [3.8, 4) is 0 Å². The number of fused-ring (bicyclic) bond motifs is 1. The van der Waals surface area contributed by atoms with Gasteiger partial charge >= 0.3 is 5.97 Å². The van der Waals surface area contributed by atoms with Crippen LogP contribution in [0.4, 0.5) is 0 Å². The largest absolute Gasteiger partial charge is 0.463 e. The van der Waals surface area contributed by atoms with E-state index in [0.717, 1.165) is 12.8 Å². The maximum atomic E-state index is 12.0. The molecule has 2 aliphatic rings. The van der Waals surface area contributed by atoms with E-state index in [0.29, 0.717) is 18.3 Å². The van der Waals surface area contributed by atoms with Crippen molar-refractivity contribution in [2.45, 2.75) is 46.1 Å². The third kappa shape index (κ3) is 2.43. The van der Waals surface area contributed by atoms with Gasteiger partial charge in [-0.25, -0.2) is 0 Å². The number of allylic oxidation sites excluding steroid dienone is 2. The third-order valence-electron chi connectivity index (χ3n) is 4.28. The number of carbonyl (C=O) groups excluding carboxylic acids is 2. The Morgan fingerprint density at radius 1 is 1.41 bits per heavy atom. The Morgan fingerprint density at radius 2 is 2.12 bits per heavy atom. The molecule has 0 bridgehead atoms. The first-order valence-corrected chi connectivity index (χ1v) is 6.38. The molecule has 0 saturated heterocycles. The van der Waals surface area contributed by atoms with Gasteiger partial charge in [0.1, 0.15) is 6.10 Å². The maximum absolute atomic E-state index is 12.0. The van der Waals surface area contributed by atoms with Crippen LogP contribution in [0.25, 0.3) is 0 Å². The smallest absolute Gasteiger partial charge is 0.302 e. The predicted molar refractivity (Wildman–Crippen MR) is 64.3 cm³/mol. The predicted octanol–water partition coefficient (Wildman–Crippen LogP) is 2.50. The number of rotatable bonds is 1. The minimum Gasteiger partial charge on any atom is -0.463 e. The number of hydrogen-bond donors (Lipinski definition) is 0. The molecule has 0 heterocycles. The van der Waals surface area contributed by atoms with Gasteiger partial charge in [0.15, 0.2) is 5.78 Å². The average Bonchev–Trinajstić information content (AvgIpc) is 2.25. The molecule has 0 aromatic rings. The van der Waals surface area contributed by atoms with E-state index in [2.05, 4.69) is 6.92 Å². The van der Waals surface area contributed by atoms with E-state index in [1.807, 2.05) is 6.92 Å². The molecule has 3 heteroatoms. The highest BCUT2D eigenvalue weighted by Gasteiger charge is 2.41. The summed E-state index contributed by atoms with van der Waals surface area (Å²) >= 11 is 0. The molecule has 1 unspecified atom stereocenters.